The molecule has 0 aliphatic rings. The van der Waals surface area contributed by atoms with E-state index in [9.17, 15) is 9.59 Å². The Labute approximate surface area is 120 Å². The quantitative estimate of drug-likeness (QED) is 0.718. The first kappa shape index (κ1) is 14.7. The van der Waals surface area contributed by atoms with E-state index in [1.54, 1.807) is 31.2 Å². The number of anilines is 1. The Morgan fingerprint density at radius 2 is 2.05 bits per heavy atom. The molecule has 21 heavy (non-hydrogen) atoms. The lowest BCUT2D eigenvalue weighted by molar-refractivity contribution is -0.123. The molecule has 0 bridgehead atoms. The number of nitrogens with two attached hydrogens (primary N) is 2. The predicted octanol–water partition coefficient (Wildman–Crippen LogP) is 0.186. The van der Waals surface area contributed by atoms with Crippen molar-refractivity contribution >= 4 is 17.5 Å². The maximum atomic E-state index is 11.9. The maximum Gasteiger partial charge on any atom is 0.249 e. The van der Waals surface area contributed by atoms with Crippen LogP contribution in [0.25, 0.3) is 11.5 Å². The molecule has 1 heterocycles. The fourth-order valence-corrected chi connectivity index (χ4v) is 1.72. The summed E-state index contributed by atoms with van der Waals surface area (Å²) in [7, 11) is 0. The van der Waals surface area contributed by atoms with Crippen molar-refractivity contribution in [3.8, 4) is 11.5 Å². The number of rotatable bonds is 5. The van der Waals surface area contributed by atoms with Gasteiger partial charge in [0.05, 0.1) is 23.7 Å². The minimum Gasteiger partial charge on any atom is -0.421 e. The Morgan fingerprint density at radius 3 is 2.67 bits per heavy atom. The van der Waals surface area contributed by atoms with E-state index in [4.69, 9.17) is 15.9 Å². The molecule has 0 radical (unpaired) electrons. The van der Waals surface area contributed by atoms with E-state index in [1.807, 2.05) is 0 Å². The van der Waals surface area contributed by atoms with Gasteiger partial charge in [0.25, 0.3) is 0 Å². The van der Waals surface area contributed by atoms with Gasteiger partial charge in [0.2, 0.25) is 23.6 Å². The van der Waals surface area contributed by atoms with Crippen LogP contribution in [0.3, 0.4) is 0 Å². The van der Waals surface area contributed by atoms with Gasteiger partial charge in [0.1, 0.15) is 0 Å². The first-order chi connectivity index (χ1) is 9.97. The van der Waals surface area contributed by atoms with E-state index in [0.717, 1.165) is 0 Å². The van der Waals surface area contributed by atoms with Gasteiger partial charge in [-0.1, -0.05) is 12.1 Å². The zero-order valence-electron chi connectivity index (χ0n) is 11.4. The van der Waals surface area contributed by atoms with Crippen LogP contribution in [0, 0.1) is 6.92 Å². The monoisotopic (exact) mass is 289 g/mol. The van der Waals surface area contributed by atoms with E-state index in [-0.39, 0.29) is 12.3 Å². The summed E-state index contributed by atoms with van der Waals surface area (Å²) in [5.74, 6) is -0.459. The van der Waals surface area contributed by atoms with Gasteiger partial charge in [-0.2, -0.15) is 0 Å². The molecule has 8 nitrogen and oxygen atoms in total. The van der Waals surface area contributed by atoms with Gasteiger partial charge in [-0.15, -0.1) is 10.2 Å². The minimum atomic E-state index is -1.01. The Kier molecular flexibility index (Phi) is 4.29. The van der Waals surface area contributed by atoms with Crippen molar-refractivity contribution in [2.24, 2.45) is 11.5 Å². The number of hydrogen-bond donors (Lipinski definition) is 3. The minimum absolute atomic E-state index is 0.229. The Balaban J connectivity index is 2.21. The number of nitrogens with zero attached hydrogens (tertiary/aromatic N) is 2. The van der Waals surface area contributed by atoms with Gasteiger partial charge >= 0.3 is 0 Å². The van der Waals surface area contributed by atoms with Crippen LogP contribution in [0.15, 0.2) is 28.7 Å². The molecule has 1 unspecified atom stereocenters. The normalized spacial score (nSPS) is 11.9. The second-order valence-electron chi connectivity index (χ2n) is 4.44. The van der Waals surface area contributed by atoms with E-state index >= 15 is 0 Å². The lowest BCUT2D eigenvalue weighted by Gasteiger charge is -2.12. The highest BCUT2D eigenvalue weighted by Crippen LogP contribution is 2.26. The average Bonchev–Trinajstić information content (AvgIpc) is 2.85. The second-order valence-corrected chi connectivity index (χ2v) is 4.44. The van der Waals surface area contributed by atoms with Crippen LogP contribution >= 0.6 is 0 Å². The molecule has 2 rings (SSSR count). The van der Waals surface area contributed by atoms with Crippen molar-refractivity contribution in [2.75, 3.05) is 5.32 Å². The third-order valence-corrected chi connectivity index (χ3v) is 2.70. The third-order valence-electron chi connectivity index (χ3n) is 2.70. The molecule has 2 aromatic rings. The maximum absolute atomic E-state index is 11.9. The number of para-hydroxylation sites is 1. The number of aromatic nitrogens is 2. The van der Waals surface area contributed by atoms with Crippen molar-refractivity contribution in [1.29, 1.82) is 0 Å². The van der Waals surface area contributed by atoms with Crippen molar-refractivity contribution in [1.82, 2.24) is 10.2 Å². The summed E-state index contributed by atoms with van der Waals surface area (Å²) in [6.45, 7) is 1.67. The lowest BCUT2D eigenvalue weighted by atomic mass is 10.1. The Bertz CT molecular complexity index is 667. The number of primary amides is 1. The molecule has 0 aliphatic heterocycles. The van der Waals surface area contributed by atoms with E-state index in [2.05, 4.69) is 15.5 Å². The number of benzene rings is 1. The van der Waals surface area contributed by atoms with Crippen LogP contribution in [0.2, 0.25) is 0 Å². The van der Waals surface area contributed by atoms with Gasteiger partial charge in [0.15, 0.2) is 0 Å². The summed E-state index contributed by atoms with van der Waals surface area (Å²) in [5.41, 5.74) is 11.6. The number of carbonyl (C=O) groups is 2. The molecular weight excluding hydrogens is 274 g/mol. The van der Waals surface area contributed by atoms with Crippen LogP contribution in [-0.4, -0.2) is 28.1 Å². The standard InChI is InChI=1S/C13H15N5O3/c1-7-17-18-13(21-7)8-4-2-3-5-10(8)16-12(20)9(14)6-11(15)19/h2-5,9H,6,14H2,1H3,(H2,15,19)(H,16,20). The number of amides is 2. The van der Waals surface area contributed by atoms with E-state index in [0.29, 0.717) is 17.1 Å². The van der Waals surface area contributed by atoms with Crippen LogP contribution in [0.4, 0.5) is 5.69 Å². The highest BCUT2D eigenvalue weighted by Gasteiger charge is 2.18. The van der Waals surface area contributed by atoms with Gasteiger partial charge in [-0.05, 0) is 12.1 Å². The van der Waals surface area contributed by atoms with E-state index in [1.165, 1.54) is 0 Å². The number of hydrogen-bond acceptors (Lipinski definition) is 6. The summed E-state index contributed by atoms with van der Waals surface area (Å²) in [6.07, 6.45) is -0.229. The highest BCUT2D eigenvalue weighted by atomic mass is 16.4. The van der Waals surface area contributed by atoms with Crippen LogP contribution in [0.5, 0.6) is 0 Å². The molecule has 0 aliphatic carbocycles. The Morgan fingerprint density at radius 1 is 1.33 bits per heavy atom. The first-order valence-electron chi connectivity index (χ1n) is 6.21. The number of nitrogens with one attached hydrogen (secondary N) is 1. The zero-order chi connectivity index (χ0) is 15.4. The fourth-order valence-electron chi connectivity index (χ4n) is 1.72. The summed E-state index contributed by atoms with van der Waals surface area (Å²) >= 11 is 0. The topological polar surface area (TPSA) is 137 Å². The van der Waals surface area contributed by atoms with Gasteiger partial charge < -0.3 is 21.2 Å². The van der Waals surface area contributed by atoms with Gasteiger partial charge in [-0.3, -0.25) is 9.59 Å². The second kappa shape index (κ2) is 6.14. The number of aryl methyl sites for hydroxylation is 1. The summed E-state index contributed by atoms with van der Waals surface area (Å²) in [6, 6.07) is 5.89. The SMILES string of the molecule is Cc1nnc(-c2ccccc2NC(=O)C(N)CC(N)=O)o1. The molecule has 110 valence electrons. The molecule has 1 atom stereocenters. The summed E-state index contributed by atoms with van der Waals surface area (Å²) in [5, 5.41) is 10.3. The van der Waals surface area contributed by atoms with Crippen LogP contribution in [-0.2, 0) is 9.59 Å². The van der Waals surface area contributed by atoms with Crippen molar-refractivity contribution in [2.45, 2.75) is 19.4 Å². The van der Waals surface area contributed by atoms with Crippen molar-refractivity contribution < 1.29 is 14.0 Å². The largest absolute Gasteiger partial charge is 0.421 e. The molecule has 0 saturated heterocycles. The van der Waals surface area contributed by atoms with Gasteiger partial charge in [0, 0.05) is 6.92 Å². The van der Waals surface area contributed by atoms with E-state index < -0.39 is 17.9 Å². The molecule has 8 heteroatoms. The van der Waals surface area contributed by atoms with Crippen LogP contribution in [0.1, 0.15) is 12.3 Å². The number of carbonyl (C=O) groups excluding carboxylic acids is 2. The molecule has 2 amide bonds. The molecule has 0 saturated carbocycles. The zero-order valence-corrected chi connectivity index (χ0v) is 11.4. The average molecular weight is 289 g/mol. The van der Waals surface area contributed by atoms with Crippen LogP contribution < -0.4 is 16.8 Å². The predicted molar refractivity (Wildman–Crippen MR) is 74.9 cm³/mol. The molecule has 1 aromatic carbocycles. The smallest absolute Gasteiger partial charge is 0.249 e. The van der Waals surface area contributed by atoms with Crippen molar-refractivity contribution in [3.05, 3.63) is 30.2 Å². The molecule has 5 N–H and O–H groups in total. The summed E-state index contributed by atoms with van der Waals surface area (Å²) in [4.78, 5) is 22.7. The fraction of sp³-hybridized carbons (Fsp3) is 0.231. The van der Waals surface area contributed by atoms with Gasteiger partial charge in [-0.25, -0.2) is 0 Å². The Hall–Kier alpha value is -2.74. The molecular formula is C13H15N5O3. The third kappa shape index (κ3) is 3.63. The van der Waals surface area contributed by atoms with Crippen molar-refractivity contribution in [3.63, 3.8) is 0 Å². The first-order valence-corrected chi connectivity index (χ1v) is 6.21. The molecule has 0 fully saturated rings. The molecule has 1 aromatic heterocycles. The molecule has 0 spiro atoms. The lowest BCUT2D eigenvalue weighted by Crippen LogP contribution is -2.39. The summed E-state index contributed by atoms with van der Waals surface area (Å²) < 4.78 is 5.34. The highest BCUT2D eigenvalue weighted by molar-refractivity contribution is 5.99.